The van der Waals surface area contributed by atoms with Crippen LogP contribution in [0.3, 0.4) is 0 Å². The summed E-state index contributed by atoms with van der Waals surface area (Å²) < 4.78 is 6.71. The van der Waals surface area contributed by atoms with Gasteiger partial charge in [-0.2, -0.15) is 0 Å². The van der Waals surface area contributed by atoms with Gasteiger partial charge < -0.3 is 30.5 Å². The van der Waals surface area contributed by atoms with Gasteiger partial charge in [0.2, 0.25) is 34.0 Å². The lowest BCUT2D eigenvalue weighted by atomic mass is 9.79. The van der Waals surface area contributed by atoms with Crippen molar-refractivity contribution in [2.24, 2.45) is 5.92 Å². The first kappa shape index (κ1) is 76.2. The minimum absolute atomic E-state index is 0.00216. The quantitative estimate of drug-likeness (QED) is 0.0521. The molecule has 0 spiro atoms. The Morgan fingerprint density at radius 3 is 1.28 bits per heavy atom. The molecule has 1 unspecified atom stereocenters. The third kappa shape index (κ3) is 15.7. The second kappa shape index (κ2) is 33.9. The molecule has 1 aliphatic carbocycles. The molecule has 1 atom stereocenters. The Labute approximate surface area is 624 Å². The van der Waals surface area contributed by atoms with Crippen LogP contribution in [-0.2, 0) is 56.8 Å². The van der Waals surface area contributed by atoms with Gasteiger partial charge in [-0.15, -0.1) is 0 Å². The summed E-state index contributed by atoms with van der Waals surface area (Å²) in [6, 6.07) is 23.2. The summed E-state index contributed by atoms with van der Waals surface area (Å²) >= 11 is 0. The molecule has 12 aromatic heterocycles. The summed E-state index contributed by atoms with van der Waals surface area (Å²) in [6.45, 7) is 51.8. The number of hydrogen-bond donors (Lipinski definition) is 6. The number of benzene rings is 2. The van der Waals surface area contributed by atoms with Gasteiger partial charge in [0.25, 0.3) is 27.8 Å². The monoisotopic (exact) mass is 1460 g/mol. The number of H-pyrrole nitrogens is 6. The van der Waals surface area contributed by atoms with Gasteiger partial charge in [-0.05, 0) is 72.8 Å². The van der Waals surface area contributed by atoms with Gasteiger partial charge in [-0.3, -0.25) is 28.8 Å². The van der Waals surface area contributed by atoms with Gasteiger partial charge in [0.15, 0.2) is 28.2 Å². The highest BCUT2D eigenvalue weighted by atomic mass is 16.2. The summed E-state index contributed by atoms with van der Waals surface area (Å²) in [5.74, 6) is 0.635. The lowest BCUT2D eigenvalue weighted by Crippen LogP contribution is -2.30. The van der Waals surface area contributed by atoms with Crippen LogP contribution < -0.4 is 33.4 Å². The lowest BCUT2D eigenvalue weighted by molar-refractivity contribution is 0.353. The fraction of sp³-hybridized carbons (Fsp3) is 0.300. The smallest absolute Gasteiger partial charge is 0.274 e. The van der Waals surface area contributed by atoms with E-state index < -0.39 is 5.41 Å². The number of pyridine rings is 1. The van der Waals surface area contributed by atoms with Crippen LogP contribution in [0.1, 0.15) is 172 Å². The van der Waals surface area contributed by atoms with Crippen molar-refractivity contribution >= 4 is 56.7 Å². The molecule has 12 heterocycles. The van der Waals surface area contributed by atoms with Crippen molar-refractivity contribution in [3.05, 3.63) is 326 Å². The Bertz CT molecular complexity index is 6280. The maximum absolute atomic E-state index is 12.8. The fourth-order valence-corrected chi connectivity index (χ4v) is 13.8. The van der Waals surface area contributed by atoms with Crippen molar-refractivity contribution in [3.63, 3.8) is 0 Å². The largest absolute Gasteiger partial charge is 0.329 e. The number of fused-ring (bicyclic) bond motifs is 5. The van der Waals surface area contributed by atoms with Crippen LogP contribution >= 0.6 is 0 Å². The average molecular weight is 1460 g/mol. The molecule has 1 aliphatic rings. The van der Waals surface area contributed by atoms with Gasteiger partial charge in [0.05, 0.1) is 61.3 Å². The highest BCUT2D eigenvalue weighted by Gasteiger charge is 2.31. The van der Waals surface area contributed by atoms with E-state index in [4.69, 9.17) is 37.8 Å². The molecule has 1 saturated carbocycles. The van der Waals surface area contributed by atoms with E-state index in [0.29, 0.717) is 141 Å². The van der Waals surface area contributed by atoms with Crippen molar-refractivity contribution < 1.29 is 0 Å². The van der Waals surface area contributed by atoms with E-state index in [1.54, 1.807) is 30.9 Å². The Hall–Kier alpha value is -14.0. The van der Waals surface area contributed by atoms with Crippen LogP contribution in [0.2, 0.25) is 0 Å². The van der Waals surface area contributed by atoms with Crippen LogP contribution in [0, 0.1) is 38.8 Å². The van der Waals surface area contributed by atoms with E-state index in [-0.39, 0.29) is 39.3 Å². The fourth-order valence-electron chi connectivity index (χ4n) is 13.8. The topological polar surface area (TPSA) is 331 Å². The summed E-state index contributed by atoms with van der Waals surface area (Å²) in [5.41, 5.74) is 13.3. The molecule has 15 rings (SSSR count). The van der Waals surface area contributed by atoms with E-state index in [1.807, 2.05) is 102 Å². The standard InChI is InChI=1S/C18H18N4O.C17H16N4O.C16H20N4O.C15H13N5O2.C14H12N6O/c1-5-13-15(18(2,3)12-9-7-6-8-10-12)21-16-14(19-4)11-20-22(16)17(13)23;1-4-13-15(11(2)12-8-6-5-7-9-12)20-16-14(18-3)10-19-21(16)17(13)22;1-3-12-13(9-11-7-5-4-6-8-11)19-15-14(17-2)10-18-20(15)16(12)21;1-3-10-11(6-9-4-5-17-13(21)7-9)19-14-12(16-2)8-18-20(14)15(10)22;1-3-10-11(4-9-5-16-8-17-6-9)19-13-12(15-2)7-18-20(13)14(10)21/h6-11,20H,5H2,1-3H3;5-11,19H,4H2,1-2H3;10-11,18H,3-9H2,1H3;4-5,7-8,18H,3,6H2,1H3,(H,17,21);5-8,18H,3-4H2,1H3. The molecular formula is C80H79N23O6. The molecule has 1 fully saturated rings. The minimum Gasteiger partial charge on any atom is -0.329 e. The van der Waals surface area contributed by atoms with E-state index in [2.05, 4.69) is 98.5 Å². The number of aromatic nitrogens is 18. The molecular weight excluding hydrogens is 1380 g/mol. The minimum atomic E-state index is -0.420. The third-order valence-corrected chi connectivity index (χ3v) is 19.5. The van der Waals surface area contributed by atoms with Crippen molar-refractivity contribution in [2.45, 2.75) is 150 Å². The van der Waals surface area contributed by atoms with E-state index in [9.17, 15) is 28.8 Å². The van der Waals surface area contributed by atoms with E-state index >= 15 is 0 Å². The molecule has 6 N–H and O–H groups in total. The molecule has 0 saturated heterocycles. The van der Waals surface area contributed by atoms with Crippen LogP contribution in [0.15, 0.2) is 157 Å². The molecule has 0 bridgehead atoms. The first-order valence-electron chi connectivity index (χ1n) is 35.8. The van der Waals surface area contributed by atoms with Crippen LogP contribution in [0.5, 0.6) is 0 Å². The van der Waals surface area contributed by atoms with Crippen molar-refractivity contribution in [2.75, 3.05) is 0 Å². The van der Waals surface area contributed by atoms with Gasteiger partial charge >= 0.3 is 0 Å². The normalized spacial score (nSPS) is 12.2. The number of hydrogen-bond acceptors (Lipinski definition) is 13. The average Bonchev–Trinajstić information content (AvgIpc) is 1.63. The Kier molecular flexibility index (Phi) is 23.7. The van der Waals surface area contributed by atoms with Gasteiger partial charge in [-0.1, -0.05) is 148 Å². The van der Waals surface area contributed by atoms with Gasteiger partial charge in [0.1, 0.15) is 6.33 Å². The third-order valence-electron chi connectivity index (χ3n) is 19.5. The molecule has 109 heavy (non-hydrogen) atoms. The molecule has 29 nitrogen and oxygen atoms in total. The molecule has 550 valence electrons. The predicted octanol–water partition coefficient (Wildman–Crippen LogP) is 12.9. The number of nitrogens with one attached hydrogen (secondary N) is 6. The van der Waals surface area contributed by atoms with Crippen molar-refractivity contribution in [3.8, 4) is 0 Å². The zero-order valence-electron chi connectivity index (χ0n) is 61.5. The van der Waals surface area contributed by atoms with Crippen LogP contribution in [0.25, 0.3) is 52.5 Å². The van der Waals surface area contributed by atoms with E-state index in [0.717, 1.165) is 51.3 Å². The molecule has 29 heteroatoms. The van der Waals surface area contributed by atoms with Crippen LogP contribution in [0.4, 0.5) is 28.4 Å². The summed E-state index contributed by atoms with van der Waals surface area (Å²) in [6.07, 6.45) is 25.0. The SMILES string of the molecule is [C-]#[N+]c1c[nH]n2c(=O)c(CC)c(C(C)(C)c3ccccc3)nc12.[C-]#[N+]c1c[nH]n2c(=O)c(CC)c(C(C)c3ccccc3)nc12.[C-]#[N+]c1c[nH]n2c(=O)c(CC)c(CC3CCCCC3)nc12.[C-]#[N+]c1c[nH]n2c(=O)c(CC)c(Cc3cc[nH]c(=O)c3)nc12.[C-]#[N+]c1c[nH]n2c(=O)c(CC)c(Cc3cncnc3)nc12. The summed E-state index contributed by atoms with van der Waals surface area (Å²) in [7, 11) is 0. The second-order valence-electron chi connectivity index (χ2n) is 26.5. The van der Waals surface area contributed by atoms with Crippen molar-refractivity contribution in [1.29, 1.82) is 0 Å². The number of nitrogens with zero attached hydrogens (tertiary/aromatic N) is 17. The maximum Gasteiger partial charge on any atom is 0.274 e. The highest BCUT2D eigenvalue weighted by molar-refractivity contribution is 5.71. The zero-order chi connectivity index (χ0) is 77.6. The Morgan fingerprint density at radius 1 is 0.468 bits per heavy atom. The van der Waals surface area contributed by atoms with Gasteiger partial charge in [-0.25, -0.2) is 81.7 Å². The molecule has 0 radical (unpaired) electrons. The highest BCUT2D eigenvalue weighted by Crippen LogP contribution is 2.34. The van der Waals surface area contributed by atoms with Gasteiger partial charge in [0, 0.05) is 108 Å². The summed E-state index contributed by atoms with van der Waals surface area (Å²) in [5, 5.41) is 14.0. The molecule has 0 amide bonds. The Balaban J connectivity index is 0.000000135. The second-order valence-corrected chi connectivity index (χ2v) is 26.5. The number of aromatic amines is 6. The molecule has 2 aromatic carbocycles. The first-order chi connectivity index (χ1) is 52.8. The maximum atomic E-state index is 12.8. The molecule has 14 aromatic rings. The zero-order valence-corrected chi connectivity index (χ0v) is 61.5. The Morgan fingerprint density at radius 2 is 0.853 bits per heavy atom. The number of rotatable bonds is 15. The predicted molar refractivity (Wildman–Crippen MR) is 415 cm³/mol. The summed E-state index contributed by atoms with van der Waals surface area (Å²) in [4.78, 5) is 125. The van der Waals surface area contributed by atoms with Crippen molar-refractivity contribution in [1.82, 2.24) is 87.9 Å². The van der Waals surface area contributed by atoms with Crippen LogP contribution in [-0.4, -0.2) is 87.9 Å². The first-order valence-corrected chi connectivity index (χ1v) is 35.8. The lowest BCUT2D eigenvalue weighted by Gasteiger charge is -2.27. The molecule has 0 aliphatic heterocycles. The van der Waals surface area contributed by atoms with E-state index in [1.165, 1.54) is 91.9 Å².